The van der Waals surface area contributed by atoms with Gasteiger partial charge in [-0.25, -0.2) is 8.42 Å². The molecule has 6 nitrogen and oxygen atoms in total. The SMILES string of the molecule is CCCN(CC(=O)N(CC)C1CCS(=O)(=O)C1)C1CCCN(Cc2ccccc2)C1. The molecule has 30 heavy (non-hydrogen) atoms. The van der Waals surface area contributed by atoms with Crippen LogP contribution >= 0.6 is 0 Å². The fourth-order valence-corrected chi connectivity index (χ4v) is 6.65. The molecule has 0 bridgehead atoms. The third-order valence-electron chi connectivity index (χ3n) is 6.41. The van der Waals surface area contributed by atoms with Gasteiger partial charge in [0.05, 0.1) is 18.1 Å². The van der Waals surface area contributed by atoms with E-state index < -0.39 is 9.84 Å². The standard InChI is InChI=1S/C23H37N3O3S/c1-3-13-25(18-23(27)26(4-2)22-12-15-30(28,29)19-22)21-11-8-14-24(17-21)16-20-9-6-5-7-10-20/h5-7,9-10,21-22H,3-4,8,11-19H2,1-2H3. The van der Waals surface area contributed by atoms with Gasteiger partial charge in [-0.1, -0.05) is 37.3 Å². The second-order valence-electron chi connectivity index (χ2n) is 8.72. The highest BCUT2D eigenvalue weighted by atomic mass is 32.2. The van der Waals surface area contributed by atoms with Crippen molar-refractivity contribution in [3.8, 4) is 0 Å². The van der Waals surface area contributed by atoms with Crippen LogP contribution in [0.1, 0.15) is 45.1 Å². The molecule has 168 valence electrons. The van der Waals surface area contributed by atoms with E-state index in [0.29, 0.717) is 25.6 Å². The Morgan fingerprint density at radius 1 is 1.13 bits per heavy atom. The number of carbonyl (C=O) groups is 1. The molecule has 1 amide bonds. The molecule has 2 atom stereocenters. The molecular weight excluding hydrogens is 398 g/mol. The number of piperidine rings is 1. The van der Waals surface area contributed by atoms with E-state index in [1.807, 2.05) is 13.0 Å². The first-order chi connectivity index (χ1) is 14.4. The molecule has 2 unspecified atom stereocenters. The maximum atomic E-state index is 13.1. The summed E-state index contributed by atoms with van der Waals surface area (Å²) in [4.78, 5) is 19.8. The molecular formula is C23H37N3O3S. The van der Waals surface area contributed by atoms with Crippen molar-refractivity contribution in [3.05, 3.63) is 35.9 Å². The molecule has 2 aliphatic rings. The van der Waals surface area contributed by atoms with Crippen molar-refractivity contribution in [1.82, 2.24) is 14.7 Å². The second-order valence-corrected chi connectivity index (χ2v) is 11.0. The van der Waals surface area contributed by atoms with E-state index in [0.717, 1.165) is 45.4 Å². The molecule has 2 saturated heterocycles. The summed E-state index contributed by atoms with van der Waals surface area (Å²) in [5.74, 6) is 0.402. The summed E-state index contributed by atoms with van der Waals surface area (Å²) >= 11 is 0. The van der Waals surface area contributed by atoms with Gasteiger partial charge in [0.15, 0.2) is 9.84 Å². The van der Waals surface area contributed by atoms with Crippen molar-refractivity contribution in [2.24, 2.45) is 0 Å². The number of carbonyl (C=O) groups excluding carboxylic acids is 1. The van der Waals surface area contributed by atoms with Gasteiger partial charge in [-0.05, 0) is 51.3 Å². The van der Waals surface area contributed by atoms with Crippen LogP contribution < -0.4 is 0 Å². The van der Waals surface area contributed by atoms with Gasteiger partial charge in [0.25, 0.3) is 0 Å². The summed E-state index contributed by atoms with van der Waals surface area (Å²) < 4.78 is 23.8. The number of amides is 1. The topological polar surface area (TPSA) is 60.9 Å². The van der Waals surface area contributed by atoms with Crippen LogP contribution in [-0.4, -0.2) is 85.3 Å². The molecule has 3 rings (SSSR count). The van der Waals surface area contributed by atoms with Crippen LogP contribution in [0, 0.1) is 0 Å². The average molecular weight is 436 g/mol. The van der Waals surface area contributed by atoms with E-state index in [-0.39, 0.29) is 23.5 Å². The number of sulfone groups is 1. The zero-order valence-corrected chi connectivity index (χ0v) is 19.3. The van der Waals surface area contributed by atoms with Gasteiger partial charge in [0.2, 0.25) is 5.91 Å². The summed E-state index contributed by atoms with van der Waals surface area (Å²) in [6.45, 7) is 9.00. The Hall–Kier alpha value is -1.44. The third-order valence-corrected chi connectivity index (χ3v) is 8.16. The first-order valence-corrected chi connectivity index (χ1v) is 13.2. The van der Waals surface area contributed by atoms with Crippen LogP contribution in [0.15, 0.2) is 30.3 Å². The Morgan fingerprint density at radius 3 is 2.53 bits per heavy atom. The highest BCUT2D eigenvalue weighted by Crippen LogP contribution is 2.21. The van der Waals surface area contributed by atoms with Crippen molar-refractivity contribution in [3.63, 3.8) is 0 Å². The van der Waals surface area contributed by atoms with Crippen molar-refractivity contribution in [2.75, 3.05) is 44.2 Å². The number of benzene rings is 1. The molecule has 0 radical (unpaired) electrons. The van der Waals surface area contributed by atoms with Crippen LogP contribution in [0.4, 0.5) is 0 Å². The summed E-state index contributed by atoms with van der Waals surface area (Å²) in [5.41, 5.74) is 1.33. The van der Waals surface area contributed by atoms with Gasteiger partial charge in [0.1, 0.15) is 0 Å². The van der Waals surface area contributed by atoms with Crippen LogP contribution in [0.5, 0.6) is 0 Å². The Balaban J connectivity index is 1.61. The van der Waals surface area contributed by atoms with Crippen molar-refractivity contribution in [1.29, 1.82) is 0 Å². The number of nitrogens with zero attached hydrogens (tertiary/aromatic N) is 3. The lowest BCUT2D eigenvalue weighted by Gasteiger charge is -2.40. The van der Waals surface area contributed by atoms with Crippen LogP contribution in [-0.2, 0) is 21.2 Å². The summed E-state index contributed by atoms with van der Waals surface area (Å²) in [6, 6.07) is 10.8. The zero-order chi connectivity index (χ0) is 21.6. The smallest absolute Gasteiger partial charge is 0.237 e. The minimum absolute atomic E-state index is 0.0771. The molecule has 2 fully saturated rings. The van der Waals surface area contributed by atoms with Gasteiger partial charge in [-0.2, -0.15) is 0 Å². The van der Waals surface area contributed by atoms with Gasteiger partial charge in [0, 0.05) is 31.7 Å². The van der Waals surface area contributed by atoms with Gasteiger partial charge >= 0.3 is 0 Å². The lowest BCUT2D eigenvalue weighted by Crippen LogP contribution is -2.52. The summed E-state index contributed by atoms with van der Waals surface area (Å²) in [6.07, 6.45) is 3.84. The zero-order valence-electron chi connectivity index (χ0n) is 18.5. The quantitative estimate of drug-likeness (QED) is 0.596. The molecule has 0 aromatic heterocycles. The Bertz CT molecular complexity index is 784. The minimum atomic E-state index is -2.99. The van der Waals surface area contributed by atoms with Crippen LogP contribution in [0.3, 0.4) is 0 Å². The number of likely N-dealkylation sites (N-methyl/N-ethyl adjacent to an activating group) is 1. The van der Waals surface area contributed by atoms with E-state index in [9.17, 15) is 13.2 Å². The van der Waals surface area contributed by atoms with E-state index >= 15 is 0 Å². The van der Waals surface area contributed by atoms with E-state index in [1.54, 1.807) is 4.90 Å². The van der Waals surface area contributed by atoms with E-state index in [2.05, 4.69) is 41.0 Å². The number of hydrogen-bond acceptors (Lipinski definition) is 5. The Morgan fingerprint density at radius 2 is 1.90 bits per heavy atom. The monoisotopic (exact) mass is 435 g/mol. The molecule has 2 aliphatic heterocycles. The number of rotatable bonds is 9. The largest absolute Gasteiger partial charge is 0.338 e. The molecule has 0 saturated carbocycles. The average Bonchev–Trinajstić information content (AvgIpc) is 3.08. The maximum Gasteiger partial charge on any atom is 0.237 e. The predicted octanol–water partition coefficient (Wildman–Crippen LogP) is 2.40. The minimum Gasteiger partial charge on any atom is -0.338 e. The lowest BCUT2D eigenvalue weighted by molar-refractivity contribution is -0.135. The van der Waals surface area contributed by atoms with Crippen molar-refractivity contribution >= 4 is 15.7 Å². The fourth-order valence-electron chi connectivity index (χ4n) is 4.92. The molecule has 0 N–H and O–H groups in total. The molecule has 1 aromatic carbocycles. The van der Waals surface area contributed by atoms with E-state index in [1.165, 1.54) is 5.56 Å². The van der Waals surface area contributed by atoms with Gasteiger partial charge in [-0.3, -0.25) is 14.6 Å². The van der Waals surface area contributed by atoms with Crippen molar-refractivity contribution in [2.45, 2.75) is 58.2 Å². The highest BCUT2D eigenvalue weighted by Gasteiger charge is 2.35. The first-order valence-electron chi connectivity index (χ1n) is 11.4. The van der Waals surface area contributed by atoms with Crippen LogP contribution in [0.25, 0.3) is 0 Å². The summed E-state index contributed by atoms with van der Waals surface area (Å²) in [7, 11) is -2.99. The molecule has 0 spiro atoms. The molecule has 2 heterocycles. The van der Waals surface area contributed by atoms with E-state index in [4.69, 9.17) is 0 Å². The normalized spacial score (nSPS) is 24.2. The van der Waals surface area contributed by atoms with Gasteiger partial charge in [-0.15, -0.1) is 0 Å². The number of likely N-dealkylation sites (tertiary alicyclic amines) is 1. The maximum absolute atomic E-state index is 13.1. The first kappa shape index (κ1) is 23.2. The Labute approximate surface area is 182 Å². The molecule has 7 heteroatoms. The third kappa shape index (κ3) is 6.28. The highest BCUT2D eigenvalue weighted by molar-refractivity contribution is 7.91. The van der Waals surface area contributed by atoms with Crippen molar-refractivity contribution < 1.29 is 13.2 Å². The molecule has 0 aliphatic carbocycles. The predicted molar refractivity (Wildman–Crippen MR) is 121 cm³/mol. The van der Waals surface area contributed by atoms with Gasteiger partial charge < -0.3 is 4.90 Å². The molecule has 1 aromatic rings. The lowest BCUT2D eigenvalue weighted by atomic mass is 10.0. The van der Waals surface area contributed by atoms with Crippen LogP contribution in [0.2, 0.25) is 0 Å². The Kier molecular flexibility index (Phi) is 8.31. The summed E-state index contributed by atoms with van der Waals surface area (Å²) in [5, 5.41) is 0. The fraction of sp³-hybridized carbons (Fsp3) is 0.696. The number of hydrogen-bond donors (Lipinski definition) is 0. The second kappa shape index (κ2) is 10.7.